The van der Waals surface area contributed by atoms with Gasteiger partial charge in [0.15, 0.2) is 0 Å². The van der Waals surface area contributed by atoms with Gasteiger partial charge in [-0.25, -0.2) is 4.68 Å². The number of ether oxygens (including phenoxy) is 1. The number of benzene rings is 1. The number of hydrogen-bond acceptors (Lipinski definition) is 8. The molecule has 8 nitrogen and oxygen atoms in total. The van der Waals surface area contributed by atoms with Crippen LogP contribution in [0.3, 0.4) is 0 Å². The zero-order valence-electron chi connectivity index (χ0n) is 13.0. The molecule has 2 aromatic heterocycles. The van der Waals surface area contributed by atoms with Crippen molar-refractivity contribution in [2.75, 3.05) is 7.11 Å². The highest BCUT2D eigenvalue weighted by Crippen LogP contribution is 2.25. The molecule has 0 fully saturated rings. The molecule has 0 unspecified atom stereocenters. The monoisotopic (exact) mass is 332 g/mol. The first-order chi connectivity index (χ1) is 11.2. The maximum atomic E-state index is 5.68. The second-order valence-electron chi connectivity index (χ2n) is 5.02. The first-order valence-corrected chi connectivity index (χ1v) is 8.03. The van der Waals surface area contributed by atoms with Crippen LogP contribution in [-0.4, -0.2) is 37.5 Å². The van der Waals surface area contributed by atoms with E-state index in [0.29, 0.717) is 17.5 Å². The molecular weight excluding hydrogens is 316 g/mol. The highest BCUT2D eigenvalue weighted by molar-refractivity contribution is 7.98. The Morgan fingerprint density at radius 3 is 2.65 bits per heavy atom. The molecule has 3 rings (SSSR count). The summed E-state index contributed by atoms with van der Waals surface area (Å²) in [6.07, 6.45) is 0. The van der Waals surface area contributed by atoms with Crippen molar-refractivity contribution in [3.63, 3.8) is 0 Å². The first kappa shape index (κ1) is 15.5. The predicted octanol–water partition coefficient (Wildman–Crippen LogP) is 2.60. The van der Waals surface area contributed by atoms with Crippen molar-refractivity contribution >= 4 is 11.8 Å². The maximum absolute atomic E-state index is 5.68. The highest BCUT2D eigenvalue weighted by atomic mass is 32.2. The van der Waals surface area contributed by atoms with Crippen LogP contribution >= 0.6 is 11.8 Å². The summed E-state index contributed by atoms with van der Waals surface area (Å²) in [6, 6.07) is 7.66. The van der Waals surface area contributed by atoms with Crippen molar-refractivity contribution in [3.8, 4) is 17.2 Å². The average molecular weight is 332 g/mol. The summed E-state index contributed by atoms with van der Waals surface area (Å²) < 4.78 is 12.6. The van der Waals surface area contributed by atoms with Gasteiger partial charge in [-0.3, -0.25) is 0 Å². The van der Waals surface area contributed by atoms with E-state index in [4.69, 9.17) is 9.15 Å². The van der Waals surface area contributed by atoms with Crippen molar-refractivity contribution in [1.29, 1.82) is 0 Å². The van der Waals surface area contributed by atoms with Crippen molar-refractivity contribution in [1.82, 2.24) is 30.4 Å². The van der Waals surface area contributed by atoms with Crippen molar-refractivity contribution in [2.45, 2.75) is 30.8 Å². The molecule has 0 amide bonds. The molecule has 0 spiro atoms. The minimum absolute atomic E-state index is 0.199. The summed E-state index contributed by atoms with van der Waals surface area (Å²) in [7, 11) is 1.63. The average Bonchev–Trinajstić information content (AvgIpc) is 3.22. The van der Waals surface area contributed by atoms with Crippen LogP contribution in [0.25, 0.3) is 11.5 Å². The van der Waals surface area contributed by atoms with E-state index >= 15 is 0 Å². The molecule has 0 saturated carbocycles. The number of hydrogen-bond donors (Lipinski definition) is 0. The van der Waals surface area contributed by atoms with E-state index in [9.17, 15) is 0 Å². The van der Waals surface area contributed by atoms with E-state index in [2.05, 4.69) is 25.7 Å². The van der Waals surface area contributed by atoms with Crippen molar-refractivity contribution in [3.05, 3.63) is 30.2 Å². The van der Waals surface area contributed by atoms with E-state index in [-0.39, 0.29) is 6.04 Å². The lowest BCUT2D eigenvalue weighted by Crippen LogP contribution is -2.04. The van der Waals surface area contributed by atoms with Crippen LogP contribution < -0.4 is 4.74 Å². The predicted molar refractivity (Wildman–Crippen MR) is 84.0 cm³/mol. The molecule has 2 heterocycles. The Morgan fingerprint density at radius 2 is 1.96 bits per heavy atom. The minimum Gasteiger partial charge on any atom is -0.497 e. The lowest BCUT2D eigenvalue weighted by molar-refractivity contribution is 0.415. The minimum atomic E-state index is 0.199. The molecule has 1 aromatic carbocycles. The van der Waals surface area contributed by atoms with E-state index in [1.54, 1.807) is 11.8 Å². The molecule has 0 aliphatic heterocycles. The van der Waals surface area contributed by atoms with E-state index in [1.165, 1.54) is 11.8 Å². The third-order valence-electron chi connectivity index (χ3n) is 3.08. The van der Waals surface area contributed by atoms with Gasteiger partial charge in [0, 0.05) is 5.56 Å². The van der Waals surface area contributed by atoms with Crippen LogP contribution in [0.4, 0.5) is 0 Å². The largest absolute Gasteiger partial charge is 0.497 e. The van der Waals surface area contributed by atoms with E-state index in [1.807, 2.05) is 38.1 Å². The highest BCUT2D eigenvalue weighted by Gasteiger charge is 2.13. The topological polar surface area (TPSA) is 91.8 Å². The molecule has 0 aliphatic carbocycles. The van der Waals surface area contributed by atoms with Gasteiger partial charge in [-0.2, -0.15) is 0 Å². The summed E-state index contributed by atoms with van der Waals surface area (Å²) in [5.41, 5.74) is 0.849. The number of aromatic nitrogens is 6. The SMILES string of the molecule is COc1ccc(-c2nnc(CSc3nnnn3C(C)C)o2)cc1. The maximum Gasteiger partial charge on any atom is 0.247 e. The number of thioether (sulfide) groups is 1. The molecule has 0 saturated heterocycles. The van der Waals surface area contributed by atoms with Crippen molar-refractivity contribution < 1.29 is 9.15 Å². The Labute approximate surface area is 137 Å². The molecule has 120 valence electrons. The van der Waals surface area contributed by atoms with E-state index in [0.717, 1.165) is 16.5 Å². The molecule has 0 N–H and O–H groups in total. The lowest BCUT2D eigenvalue weighted by Gasteiger charge is -2.05. The molecular formula is C14H16N6O2S. The van der Waals surface area contributed by atoms with Crippen LogP contribution in [0.1, 0.15) is 25.8 Å². The zero-order chi connectivity index (χ0) is 16.2. The number of rotatable bonds is 6. The standard InChI is InChI=1S/C14H16N6O2S/c1-9(2)20-14(17-18-19-20)23-8-12-15-16-13(22-12)10-4-6-11(21-3)7-5-10/h4-7,9H,8H2,1-3H3. The van der Waals surface area contributed by atoms with E-state index < -0.39 is 0 Å². The number of tetrazole rings is 1. The van der Waals surface area contributed by atoms with Gasteiger partial charge in [-0.15, -0.1) is 15.3 Å². The van der Waals surface area contributed by atoms with Gasteiger partial charge in [0.2, 0.25) is 16.9 Å². The lowest BCUT2D eigenvalue weighted by atomic mass is 10.2. The zero-order valence-corrected chi connectivity index (χ0v) is 13.8. The van der Waals surface area contributed by atoms with Crippen LogP contribution in [0.5, 0.6) is 5.75 Å². The van der Waals surface area contributed by atoms with Crippen LogP contribution in [-0.2, 0) is 5.75 Å². The van der Waals surface area contributed by atoms with Crippen LogP contribution in [0.2, 0.25) is 0 Å². The fourth-order valence-electron chi connectivity index (χ4n) is 1.89. The van der Waals surface area contributed by atoms with Gasteiger partial charge in [-0.05, 0) is 48.5 Å². The summed E-state index contributed by atoms with van der Waals surface area (Å²) in [5.74, 6) is 2.30. The molecule has 3 aromatic rings. The second kappa shape index (κ2) is 6.78. The molecule has 9 heteroatoms. The number of nitrogens with zero attached hydrogens (tertiary/aromatic N) is 6. The summed E-state index contributed by atoms with van der Waals surface area (Å²) in [4.78, 5) is 0. The van der Waals surface area contributed by atoms with Gasteiger partial charge in [-0.1, -0.05) is 11.8 Å². The Bertz CT molecular complexity index is 768. The molecule has 0 bridgehead atoms. The van der Waals surface area contributed by atoms with Gasteiger partial charge in [0.05, 0.1) is 18.9 Å². The third-order valence-corrected chi connectivity index (χ3v) is 4.00. The smallest absolute Gasteiger partial charge is 0.247 e. The Kier molecular flexibility index (Phi) is 4.56. The van der Waals surface area contributed by atoms with Gasteiger partial charge in [0.1, 0.15) is 5.75 Å². The Morgan fingerprint density at radius 1 is 1.17 bits per heavy atom. The third kappa shape index (κ3) is 3.50. The second-order valence-corrected chi connectivity index (χ2v) is 5.96. The van der Waals surface area contributed by atoms with Gasteiger partial charge < -0.3 is 9.15 Å². The molecule has 0 aliphatic rings. The fourth-order valence-corrected chi connectivity index (χ4v) is 2.74. The Balaban J connectivity index is 1.68. The van der Waals surface area contributed by atoms with Crippen LogP contribution in [0.15, 0.2) is 33.8 Å². The molecule has 0 radical (unpaired) electrons. The van der Waals surface area contributed by atoms with Crippen LogP contribution in [0, 0.1) is 0 Å². The molecule has 23 heavy (non-hydrogen) atoms. The summed E-state index contributed by atoms with van der Waals surface area (Å²) >= 11 is 1.46. The summed E-state index contributed by atoms with van der Waals surface area (Å²) in [6.45, 7) is 4.05. The molecule has 0 atom stereocenters. The van der Waals surface area contributed by atoms with Gasteiger partial charge >= 0.3 is 0 Å². The first-order valence-electron chi connectivity index (χ1n) is 7.05. The number of methoxy groups -OCH3 is 1. The summed E-state index contributed by atoms with van der Waals surface area (Å²) in [5, 5.41) is 20.5. The quantitative estimate of drug-likeness (QED) is 0.636. The Hall–Kier alpha value is -2.42. The normalized spacial score (nSPS) is 11.1. The van der Waals surface area contributed by atoms with Crippen molar-refractivity contribution in [2.24, 2.45) is 0 Å². The fraction of sp³-hybridized carbons (Fsp3) is 0.357. The van der Waals surface area contributed by atoms with Gasteiger partial charge in [0.25, 0.3) is 0 Å².